The van der Waals surface area contributed by atoms with E-state index in [1.165, 1.54) is 4.88 Å². The lowest BCUT2D eigenvalue weighted by atomic mass is 10.1. The Morgan fingerprint density at radius 3 is 2.75 bits per heavy atom. The lowest BCUT2D eigenvalue weighted by molar-refractivity contribution is 0.0914. The topological polar surface area (TPSA) is 46.3 Å². The van der Waals surface area contributed by atoms with E-state index in [0.717, 1.165) is 30.8 Å². The van der Waals surface area contributed by atoms with Crippen molar-refractivity contribution in [2.75, 3.05) is 19.6 Å². The third kappa shape index (κ3) is 2.90. The lowest BCUT2D eigenvalue weighted by Gasteiger charge is -2.29. The average molecular weight is 238 g/mol. The highest BCUT2D eigenvalue weighted by Gasteiger charge is 2.19. The average Bonchev–Trinajstić information content (AvgIpc) is 2.68. The zero-order valence-corrected chi connectivity index (χ0v) is 10.4. The van der Waals surface area contributed by atoms with Gasteiger partial charge in [0.25, 0.3) is 0 Å². The summed E-state index contributed by atoms with van der Waals surface area (Å²) in [5.74, 6) is 0.244. The fraction of sp³-hybridized carbons (Fsp3) is 0.583. The molecule has 1 fully saturated rings. The van der Waals surface area contributed by atoms with E-state index in [-0.39, 0.29) is 5.78 Å². The molecule has 0 aliphatic carbocycles. The van der Waals surface area contributed by atoms with Gasteiger partial charge < -0.3 is 5.73 Å². The van der Waals surface area contributed by atoms with Crippen molar-refractivity contribution in [1.82, 2.24) is 4.90 Å². The molecule has 0 amide bonds. The first-order valence-corrected chi connectivity index (χ1v) is 6.54. The molecule has 1 aromatic heterocycles. The van der Waals surface area contributed by atoms with Crippen LogP contribution in [0, 0.1) is 6.92 Å². The highest BCUT2D eigenvalue weighted by molar-refractivity contribution is 7.14. The zero-order chi connectivity index (χ0) is 11.5. The molecule has 1 aromatic rings. The maximum Gasteiger partial charge on any atom is 0.186 e. The first kappa shape index (κ1) is 11.8. The molecule has 2 rings (SSSR count). The Bertz CT molecular complexity index is 367. The number of hydrogen-bond acceptors (Lipinski definition) is 4. The Hall–Kier alpha value is -0.710. The largest absolute Gasteiger partial charge is 0.328 e. The molecule has 3 nitrogen and oxygen atoms in total. The number of nitrogens with zero attached hydrogens (tertiary/aromatic N) is 1. The van der Waals surface area contributed by atoms with Crippen LogP contribution in [0.1, 0.15) is 27.4 Å². The summed E-state index contributed by atoms with van der Waals surface area (Å²) in [6, 6.07) is 4.26. The molecule has 0 radical (unpaired) electrons. The molecular formula is C12H18N2OS. The quantitative estimate of drug-likeness (QED) is 0.815. The number of hydrogen-bond donors (Lipinski definition) is 1. The number of likely N-dealkylation sites (tertiary alicyclic amines) is 1. The van der Waals surface area contributed by atoms with Crippen molar-refractivity contribution in [2.24, 2.45) is 5.73 Å². The van der Waals surface area contributed by atoms with E-state index in [1.807, 2.05) is 19.1 Å². The van der Waals surface area contributed by atoms with Gasteiger partial charge in [0.1, 0.15) is 0 Å². The maximum absolute atomic E-state index is 11.9. The SMILES string of the molecule is Cc1ccc(C(=O)CN2CCC(N)CC2)s1. The molecule has 16 heavy (non-hydrogen) atoms. The van der Waals surface area contributed by atoms with Crippen LogP contribution in [0.4, 0.5) is 0 Å². The van der Waals surface area contributed by atoms with Gasteiger partial charge in [-0.3, -0.25) is 9.69 Å². The molecule has 0 saturated carbocycles. The van der Waals surface area contributed by atoms with Crippen LogP contribution >= 0.6 is 11.3 Å². The molecule has 1 aliphatic rings. The summed E-state index contributed by atoms with van der Waals surface area (Å²) in [7, 11) is 0. The summed E-state index contributed by atoms with van der Waals surface area (Å²) < 4.78 is 0. The van der Waals surface area contributed by atoms with E-state index < -0.39 is 0 Å². The molecule has 1 aliphatic heterocycles. The number of Topliss-reactive ketones (excluding diaryl/α,β-unsaturated/α-hetero) is 1. The van der Waals surface area contributed by atoms with E-state index in [4.69, 9.17) is 5.73 Å². The van der Waals surface area contributed by atoms with Crippen LogP contribution in [0.5, 0.6) is 0 Å². The minimum absolute atomic E-state index is 0.244. The van der Waals surface area contributed by atoms with Crippen molar-refractivity contribution in [3.8, 4) is 0 Å². The predicted octanol–water partition coefficient (Wildman–Crippen LogP) is 1.66. The maximum atomic E-state index is 11.9. The minimum atomic E-state index is 0.244. The van der Waals surface area contributed by atoms with Gasteiger partial charge >= 0.3 is 0 Å². The van der Waals surface area contributed by atoms with Gasteiger partial charge in [0.05, 0.1) is 11.4 Å². The number of rotatable bonds is 3. The molecular weight excluding hydrogens is 220 g/mol. The number of piperidine rings is 1. The Morgan fingerprint density at radius 1 is 1.50 bits per heavy atom. The van der Waals surface area contributed by atoms with E-state index in [9.17, 15) is 4.79 Å². The highest BCUT2D eigenvalue weighted by atomic mass is 32.1. The van der Waals surface area contributed by atoms with E-state index in [2.05, 4.69) is 4.90 Å². The summed E-state index contributed by atoms with van der Waals surface area (Å²) in [5.41, 5.74) is 5.83. The van der Waals surface area contributed by atoms with Gasteiger partial charge in [-0.25, -0.2) is 0 Å². The molecule has 0 aromatic carbocycles. The Balaban J connectivity index is 1.88. The molecule has 2 heterocycles. The second-order valence-electron chi connectivity index (χ2n) is 4.45. The van der Waals surface area contributed by atoms with Gasteiger partial charge in [-0.2, -0.15) is 0 Å². The molecule has 0 unspecified atom stereocenters. The van der Waals surface area contributed by atoms with Gasteiger partial charge in [0.2, 0.25) is 0 Å². The van der Waals surface area contributed by atoms with Crippen molar-refractivity contribution in [3.05, 3.63) is 21.9 Å². The Kier molecular flexibility index (Phi) is 3.74. The summed E-state index contributed by atoms with van der Waals surface area (Å²) in [4.78, 5) is 16.2. The summed E-state index contributed by atoms with van der Waals surface area (Å²) in [5, 5.41) is 0. The van der Waals surface area contributed by atoms with Crippen molar-refractivity contribution >= 4 is 17.1 Å². The van der Waals surface area contributed by atoms with Crippen molar-refractivity contribution < 1.29 is 4.79 Å². The van der Waals surface area contributed by atoms with E-state index >= 15 is 0 Å². The van der Waals surface area contributed by atoms with Crippen LogP contribution in [0.2, 0.25) is 0 Å². The number of aryl methyl sites for hydroxylation is 1. The van der Waals surface area contributed by atoms with Crippen LogP contribution in [-0.2, 0) is 0 Å². The van der Waals surface area contributed by atoms with Crippen LogP contribution in [0.3, 0.4) is 0 Å². The van der Waals surface area contributed by atoms with Crippen molar-refractivity contribution in [3.63, 3.8) is 0 Å². The molecule has 1 saturated heterocycles. The summed E-state index contributed by atoms with van der Waals surface area (Å²) >= 11 is 1.58. The van der Waals surface area contributed by atoms with Gasteiger partial charge in [-0.05, 0) is 31.9 Å². The molecule has 2 N–H and O–H groups in total. The number of nitrogens with two attached hydrogens (primary N) is 1. The Morgan fingerprint density at radius 2 is 2.19 bits per heavy atom. The Labute approximate surface area is 100 Å². The van der Waals surface area contributed by atoms with Gasteiger partial charge in [0.15, 0.2) is 5.78 Å². The smallest absolute Gasteiger partial charge is 0.186 e. The number of carbonyl (C=O) groups excluding carboxylic acids is 1. The van der Waals surface area contributed by atoms with Crippen molar-refractivity contribution in [2.45, 2.75) is 25.8 Å². The first-order chi connectivity index (χ1) is 7.65. The van der Waals surface area contributed by atoms with Gasteiger partial charge in [-0.15, -0.1) is 11.3 Å². The zero-order valence-electron chi connectivity index (χ0n) is 9.61. The van der Waals surface area contributed by atoms with Crippen LogP contribution < -0.4 is 5.73 Å². The molecule has 4 heteroatoms. The van der Waals surface area contributed by atoms with Gasteiger partial charge in [-0.1, -0.05) is 0 Å². The molecule has 0 bridgehead atoms. The lowest BCUT2D eigenvalue weighted by Crippen LogP contribution is -2.41. The van der Waals surface area contributed by atoms with Crippen LogP contribution in [0.15, 0.2) is 12.1 Å². The third-order valence-electron chi connectivity index (χ3n) is 3.01. The second-order valence-corrected chi connectivity index (χ2v) is 5.73. The number of thiophene rings is 1. The fourth-order valence-corrected chi connectivity index (χ4v) is 2.77. The summed E-state index contributed by atoms with van der Waals surface area (Å²) in [6.07, 6.45) is 2.02. The predicted molar refractivity (Wildman–Crippen MR) is 67.0 cm³/mol. The molecule has 0 spiro atoms. The summed E-state index contributed by atoms with van der Waals surface area (Å²) in [6.45, 7) is 4.49. The monoisotopic (exact) mass is 238 g/mol. The van der Waals surface area contributed by atoms with E-state index in [1.54, 1.807) is 11.3 Å². The van der Waals surface area contributed by atoms with E-state index in [0.29, 0.717) is 12.6 Å². The number of ketones is 1. The number of carbonyl (C=O) groups is 1. The van der Waals surface area contributed by atoms with Crippen LogP contribution in [-0.4, -0.2) is 36.4 Å². The molecule has 0 atom stereocenters. The molecule has 88 valence electrons. The standard InChI is InChI=1S/C12H18N2OS/c1-9-2-3-12(16-9)11(15)8-14-6-4-10(13)5-7-14/h2-3,10H,4-8,13H2,1H3. The minimum Gasteiger partial charge on any atom is -0.328 e. The fourth-order valence-electron chi connectivity index (χ4n) is 1.98. The second kappa shape index (κ2) is 5.08. The normalized spacial score (nSPS) is 18.9. The van der Waals surface area contributed by atoms with Gasteiger partial charge in [0, 0.05) is 24.0 Å². The van der Waals surface area contributed by atoms with Crippen molar-refractivity contribution in [1.29, 1.82) is 0 Å². The first-order valence-electron chi connectivity index (χ1n) is 5.73. The van der Waals surface area contributed by atoms with Crippen LogP contribution in [0.25, 0.3) is 0 Å². The third-order valence-corrected chi connectivity index (χ3v) is 4.06. The highest BCUT2D eigenvalue weighted by Crippen LogP contribution is 2.17.